The van der Waals surface area contributed by atoms with E-state index < -0.39 is 11.9 Å². The number of carbonyl (C=O) groups excluding carboxylic acids is 2. The number of carbonyl (C=O) groups is 2. The fourth-order valence-corrected chi connectivity index (χ4v) is 4.56. The van der Waals surface area contributed by atoms with Gasteiger partial charge in [-0.3, -0.25) is 9.59 Å². The number of phenols is 1. The monoisotopic (exact) mass is 575 g/mol. The molecule has 6 nitrogen and oxygen atoms in total. The number of benzene rings is 2. The quantitative estimate of drug-likeness (QED) is 0.273. The number of halogens is 2. The van der Waals surface area contributed by atoms with Crippen LogP contribution in [0.1, 0.15) is 43.1 Å². The molecule has 0 aromatic heterocycles. The molecular weight excluding hydrogens is 549 g/mol. The second-order valence-corrected chi connectivity index (χ2v) is 8.78. The minimum Gasteiger partial charge on any atom is -0.507 e. The molecule has 2 aromatic rings. The number of hydrogen-bond acceptors (Lipinski definition) is 5. The van der Waals surface area contributed by atoms with Crippen LogP contribution in [0.5, 0.6) is 17.2 Å². The smallest absolute Gasteiger partial charge is 0.307 e. The minimum atomic E-state index is -0.505. The second kappa shape index (κ2) is 14.4. The summed E-state index contributed by atoms with van der Waals surface area (Å²) in [6.45, 7) is 8.26. The molecule has 0 heterocycles. The first kappa shape index (κ1) is 27.4. The van der Waals surface area contributed by atoms with Gasteiger partial charge in [0.05, 0.1) is 27.5 Å². The standard InChI is InChI=1S/C20H22Br2NO5P.C2H6/c1-3-27-18(25)6-7-23-20(26)14-10-13(4-5-17(14)24)28-19-15(21)8-12(11-29-2)9-16(19)22;1-2/h4-5,8-10,24,29H,3,6-7,11H2,1-2H3,(H,23,26);1-2H3. The highest BCUT2D eigenvalue weighted by Gasteiger charge is 2.15. The van der Waals surface area contributed by atoms with Crippen molar-refractivity contribution in [3.8, 4) is 17.2 Å². The van der Waals surface area contributed by atoms with E-state index in [1.165, 1.54) is 17.7 Å². The number of esters is 1. The molecule has 0 aliphatic rings. The molecule has 31 heavy (non-hydrogen) atoms. The number of nitrogens with one attached hydrogen (secondary N) is 1. The Hall–Kier alpha value is -1.63. The SMILES string of the molecule is CC.CCOC(=O)CCNC(=O)c1cc(Oc2c(Br)cc(CPC)cc2Br)ccc1O. The maximum atomic E-state index is 12.4. The highest BCUT2D eigenvalue weighted by Crippen LogP contribution is 2.39. The first-order valence-corrected chi connectivity index (χ1v) is 13.2. The fourth-order valence-electron chi connectivity index (χ4n) is 2.50. The molecule has 0 bridgehead atoms. The summed E-state index contributed by atoms with van der Waals surface area (Å²) < 4.78 is 12.3. The van der Waals surface area contributed by atoms with Gasteiger partial charge in [0.15, 0.2) is 5.75 Å². The number of hydrogen-bond donors (Lipinski definition) is 2. The first-order valence-electron chi connectivity index (χ1n) is 9.92. The average Bonchev–Trinajstić information content (AvgIpc) is 2.73. The van der Waals surface area contributed by atoms with Crippen molar-refractivity contribution in [3.63, 3.8) is 0 Å². The molecule has 0 spiro atoms. The van der Waals surface area contributed by atoms with E-state index in [4.69, 9.17) is 9.47 Å². The Kier molecular flexibility index (Phi) is 12.8. The van der Waals surface area contributed by atoms with Crippen LogP contribution in [0.2, 0.25) is 0 Å². The zero-order valence-electron chi connectivity index (χ0n) is 18.1. The number of rotatable bonds is 9. The molecular formula is C22H28Br2NO5P. The van der Waals surface area contributed by atoms with E-state index in [1.807, 2.05) is 26.0 Å². The lowest BCUT2D eigenvalue weighted by Gasteiger charge is -2.13. The maximum absolute atomic E-state index is 12.4. The predicted octanol–water partition coefficient (Wildman–Crippen LogP) is 6.23. The van der Waals surface area contributed by atoms with E-state index >= 15 is 0 Å². The molecule has 0 saturated heterocycles. The highest BCUT2D eigenvalue weighted by atomic mass is 79.9. The molecule has 0 aliphatic heterocycles. The first-order chi connectivity index (χ1) is 14.8. The fraction of sp³-hybridized carbons (Fsp3) is 0.364. The van der Waals surface area contributed by atoms with Gasteiger partial charge in [-0.05, 0) is 87.5 Å². The molecule has 0 radical (unpaired) electrons. The van der Waals surface area contributed by atoms with Crippen molar-refractivity contribution in [2.75, 3.05) is 19.8 Å². The Morgan fingerprint density at radius 3 is 2.35 bits per heavy atom. The van der Waals surface area contributed by atoms with Crippen LogP contribution >= 0.6 is 40.4 Å². The van der Waals surface area contributed by atoms with Gasteiger partial charge in [-0.1, -0.05) is 13.8 Å². The van der Waals surface area contributed by atoms with E-state index in [9.17, 15) is 14.7 Å². The van der Waals surface area contributed by atoms with Gasteiger partial charge in [0.2, 0.25) is 0 Å². The molecule has 2 rings (SSSR count). The molecule has 1 unspecified atom stereocenters. The lowest BCUT2D eigenvalue weighted by molar-refractivity contribution is -0.142. The zero-order chi connectivity index (χ0) is 23.4. The van der Waals surface area contributed by atoms with E-state index in [0.29, 0.717) is 11.5 Å². The molecule has 0 saturated carbocycles. The van der Waals surface area contributed by atoms with Crippen LogP contribution in [0.25, 0.3) is 0 Å². The van der Waals surface area contributed by atoms with Crippen molar-refractivity contribution >= 4 is 52.3 Å². The maximum Gasteiger partial charge on any atom is 0.307 e. The third kappa shape index (κ3) is 8.79. The van der Waals surface area contributed by atoms with Gasteiger partial charge >= 0.3 is 5.97 Å². The number of ether oxygens (including phenoxy) is 2. The number of aromatic hydroxyl groups is 1. The van der Waals surface area contributed by atoms with Crippen LogP contribution in [0.3, 0.4) is 0 Å². The van der Waals surface area contributed by atoms with Crippen molar-refractivity contribution in [2.45, 2.75) is 33.4 Å². The molecule has 9 heteroatoms. The molecule has 0 fully saturated rings. The van der Waals surface area contributed by atoms with Crippen LogP contribution in [0.15, 0.2) is 39.3 Å². The van der Waals surface area contributed by atoms with Gasteiger partial charge in [-0.2, -0.15) is 0 Å². The zero-order valence-corrected chi connectivity index (χ0v) is 22.2. The summed E-state index contributed by atoms with van der Waals surface area (Å²) in [4.78, 5) is 23.7. The summed E-state index contributed by atoms with van der Waals surface area (Å²) in [5.41, 5.74) is 1.24. The van der Waals surface area contributed by atoms with Crippen molar-refractivity contribution in [2.24, 2.45) is 0 Å². The van der Waals surface area contributed by atoms with Gasteiger partial charge in [0.1, 0.15) is 11.5 Å². The Balaban J connectivity index is 0.00000233. The molecule has 2 aromatic carbocycles. The summed E-state index contributed by atoms with van der Waals surface area (Å²) >= 11 is 7.05. The van der Waals surface area contributed by atoms with Crippen molar-refractivity contribution < 1.29 is 24.2 Å². The van der Waals surface area contributed by atoms with Gasteiger partial charge in [0, 0.05) is 6.54 Å². The van der Waals surface area contributed by atoms with Crippen molar-refractivity contribution in [3.05, 3.63) is 50.4 Å². The summed E-state index contributed by atoms with van der Waals surface area (Å²) in [5.74, 6) is -0.105. The second-order valence-electron chi connectivity index (χ2n) is 6.01. The van der Waals surface area contributed by atoms with Gasteiger partial charge < -0.3 is 19.9 Å². The normalized spacial score (nSPS) is 10.4. The topological polar surface area (TPSA) is 84.9 Å². The highest BCUT2D eigenvalue weighted by molar-refractivity contribution is 9.11. The third-order valence-corrected chi connectivity index (χ3v) is 5.73. The molecule has 1 amide bonds. The van der Waals surface area contributed by atoms with Crippen LogP contribution < -0.4 is 10.1 Å². The van der Waals surface area contributed by atoms with Crippen LogP contribution in [0, 0.1) is 0 Å². The third-order valence-electron chi connectivity index (χ3n) is 3.79. The van der Waals surface area contributed by atoms with Gasteiger partial charge in [0.25, 0.3) is 5.91 Å². The average molecular weight is 577 g/mol. The van der Waals surface area contributed by atoms with Crippen molar-refractivity contribution in [1.29, 1.82) is 0 Å². The summed E-state index contributed by atoms with van der Waals surface area (Å²) in [7, 11) is 0.806. The van der Waals surface area contributed by atoms with Crippen molar-refractivity contribution in [1.82, 2.24) is 5.32 Å². The van der Waals surface area contributed by atoms with Crippen LogP contribution in [0.4, 0.5) is 0 Å². The van der Waals surface area contributed by atoms with E-state index in [0.717, 1.165) is 23.7 Å². The summed E-state index contributed by atoms with van der Waals surface area (Å²) in [5, 5.41) is 12.6. The number of phenolic OH excluding ortho intramolecular Hbond substituents is 1. The Morgan fingerprint density at radius 1 is 1.13 bits per heavy atom. The molecule has 0 aliphatic carbocycles. The lowest BCUT2D eigenvalue weighted by atomic mass is 10.1. The molecule has 1 atom stereocenters. The van der Waals surface area contributed by atoms with E-state index in [1.54, 1.807) is 13.0 Å². The van der Waals surface area contributed by atoms with Gasteiger partial charge in [-0.15, -0.1) is 8.58 Å². The summed E-state index contributed by atoms with van der Waals surface area (Å²) in [6, 6.07) is 8.42. The van der Waals surface area contributed by atoms with E-state index in [2.05, 4.69) is 43.8 Å². The largest absolute Gasteiger partial charge is 0.507 e. The van der Waals surface area contributed by atoms with Gasteiger partial charge in [-0.25, -0.2) is 0 Å². The summed E-state index contributed by atoms with van der Waals surface area (Å²) in [6.07, 6.45) is 1.04. The number of amides is 1. The van der Waals surface area contributed by atoms with Crippen LogP contribution in [-0.2, 0) is 15.7 Å². The Labute approximate surface area is 202 Å². The molecule has 170 valence electrons. The Bertz CT molecular complexity index is 869. The van der Waals surface area contributed by atoms with E-state index in [-0.39, 0.29) is 30.9 Å². The van der Waals surface area contributed by atoms with Crippen LogP contribution in [-0.4, -0.2) is 36.8 Å². The Morgan fingerprint density at radius 2 is 1.77 bits per heavy atom. The predicted molar refractivity (Wildman–Crippen MR) is 133 cm³/mol. The molecule has 2 N–H and O–H groups in total. The lowest BCUT2D eigenvalue weighted by Crippen LogP contribution is -2.26. The minimum absolute atomic E-state index is 0.0567.